The highest BCUT2D eigenvalue weighted by atomic mass is 19.2. The lowest BCUT2D eigenvalue weighted by Gasteiger charge is -2.23. The van der Waals surface area contributed by atoms with Crippen molar-refractivity contribution >= 4 is 16.6 Å². The molecule has 0 spiro atoms. The van der Waals surface area contributed by atoms with Gasteiger partial charge in [-0.2, -0.15) is 0 Å². The highest BCUT2D eigenvalue weighted by Crippen LogP contribution is 2.25. The van der Waals surface area contributed by atoms with Crippen LogP contribution in [0.1, 0.15) is 19.4 Å². The first-order valence-corrected chi connectivity index (χ1v) is 6.30. The number of halogens is 2. The molecule has 0 aliphatic carbocycles. The van der Waals surface area contributed by atoms with E-state index in [9.17, 15) is 8.78 Å². The van der Waals surface area contributed by atoms with E-state index in [4.69, 9.17) is 5.41 Å². The molecule has 100 valence electrons. The molecule has 0 fully saturated rings. The summed E-state index contributed by atoms with van der Waals surface area (Å²) < 4.78 is 27.7. The zero-order chi connectivity index (χ0) is 14.0. The summed E-state index contributed by atoms with van der Waals surface area (Å²) in [6.45, 7) is 4.94. The van der Waals surface area contributed by atoms with Gasteiger partial charge < -0.3 is 4.90 Å². The summed E-state index contributed by atoms with van der Waals surface area (Å²) in [6.07, 6.45) is 0. The lowest BCUT2D eigenvalue weighted by molar-refractivity contribution is 0.456. The minimum absolute atomic E-state index is 0.0261. The molecule has 2 nitrogen and oxygen atoms in total. The highest BCUT2D eigenvalue weighted by Gasteiger charge is 2.19. The number of fused-ring (bicyclic) bond motifs is 1. The maximum Gasteiger partial charge on any atom is 0.170 e. The Hall–Kier alpha value is -1.97. The van der Waals surface area contributed by atoms with Crippen LogP contribution >= 0.6 is 0 Å². The van der Waals surface area contributed by atoms with Crippen molar-refractivity contribution in [3.05, 3.63) is 47.5 Å². The Labute approximate surface area is 111 Å². The molecule has 2 rings (SSSR count). The molecule has 0 radical (unpaired) electrons. The summed E-state index contributed by atoms with van der Waals surface area (Å²) in [5.74, 6) is -1.83. The maximum absolute atomic E-state index is 14.1. The van der Waals surface area contributed by atoms with E-state index >= 15 is 0 Å². The van der Waals surface area contributed by atoms with Gasteiger partial charge in [-0.25, -0.2) is 8.78 Å². The number of amidine groups is 1. The Morgan fingerprint density at radius 2 is 1.79 bits per heavy atom. The van der Waals surface area contributed by atoms with Crippen LogP contribution in [0.5, 0.6) is 0 Å². The topological polar surface area (TPSA) is 27.1 Å². The Balaban J connectivity index is 2.70. The first-order valence-electron chi connectivity index (χ1n) is 6.30. The third-order valence-corrected chi connectivity index (χ3v) is 3.26. The van der Waals surface area contributed by atoms with E-state index in [0.717, 1.165) is 0 Å². The summed E-state index contributed by atoms with van der Waals surface area (Å²) in [6, 6.07) is 8.13. The van der Waals surface area contributed by atoms with E-state index in [1.54, 1.807) is 29.2 Å². The van der Waals surface area contributed by atoms with Crippen LogP contribution in [0.3, 0.4) is 0 Å². The highest BCUT2D eigenvalue weighted by molar-refractivity contribution is 6.08. The zero-order valence-corrected chi connectivity index (χ0v) is 11.0. The lowest BCUT2D eigenvalue weighted by Crippen LogP contribution is -2.31. The van der Waals surface area contributed by atoms with E-state index in [0.29, 0.717) is 23.9 Å². The van der Waals surface area contributed by atoms with Crippen LogP contribution in [0.2, 0.25) is 0 Å². The molecule has 0 amide bonds. The van der Waals surface area contributed by atoms with Crippen LogP contribution in [0.15, 0.2) is 30.3 Å². The first-order chi connectivity index (χ1) is 9.10. The van der Waals surface area contributed by atoms with Crippen LogP contribution in [0.4, 0.5) is 8.78 Å². The molecule has 0 aromatic heterocycles. The van der Waals surface area contributed by atoms with Gasteiger partial charge in [0.25, 0.3) is 0 Å². The molecule has 2 aromatic carbocycles. The van der Waals surface area contributed by atoms with Crippen molar-refractivity contribution in [2.75, 3.05) is 13.1 Å². The fourth-order valence-electron chi connectivity index (χ4n) is 2.22. The van der Waals surface area contributed by atoms with Gasteiger partial charge in [0.1, 0.15) is 5.84 Å². The summed E-state index contributed by atoms with van der Waals surface area (Å²) in [5, 5.41) is 9.30. The van der Waals surface area contributed by atoms with Crippen LogP contribution in [0.25, 0.3) is 10.8 Å². The zero-order valence-electron chi connectivity index (χ0n) is 11.0. The first kappa shape index (κ1) is 13.5. The molecule has 0 bridgehead atoms. The standard InChI is InChI=1S/C15H16F2N2/c1-3-19(4-2)15(18)13-11-8-6-5-7-10(11)9-12(16)14(13)17/h5-9,18H,3-4H2,1-2H3. The number of hydrogen-bond acceptors (Lipinski definition) is 1. The molecule has 0 unspecified atom stereocenters. The van der Waals surface area contributed by atoms with Crippen molar-refractivity contribution in [2.24, 2.45) is 0 Å². The number of hydrogen-bond donors (Lipinski definition) is 1. The Morgan fingerprint density at radius 1 is 1.16 bits per heavy atom. The monoisotopic (exact) mass is 262 g/mol. The molecular weight excluding hydrogens is 246 g/mol. The number of nitrogens with one attached hydrogen (secondary N) is 1. The Morgan fingerprint density at radius 3 is 2.42 bits per heavy atom. The van der Waals surface area contributed by atoms with Crippen LogP contribution in [-0.2, 0) is 0 Å². The number of rotatable bonds is 3. The van der Waals surface area contributed by atoms with Crippen molar-refractivity contribution in [1.82, 2.24) is 4.90 Å². The van der Waals surface area contributed by atoms with Crippen molar-refractivity contribution in [3.8, 4) is 0 Å². The van der Waals surface area contributed by atoms with Crippen molar-refractivity contribution < 1.29 is 8.78 Å². The summed E-state index contributed by atoms with van der Waals surface area (Å²) in [5.41, 5.74) is 0.0410. The van der Waals surface area contributed by atoms with Crippen molar-refractivity contribution in [2.45, 2.75) is 13.8 Å². The molecular formula is C15H16F2N2. The average Bonchev–Trinajstić information content (AvgIpc) is 2.41. The average molecular weight is 262 g/mol. The molecule has 0 saturated heterocycles. The predicted molar refractivity (Wildman–Crippen MR) is 73.6 cm³/mol. The number of nitrogens with zero attached hydrogens (tertiary/aromatic N) is 1. The van der Waals surface area contributed by atoms with Gasteiger partial charge in [0.05, 0.1) is 5.56 Å². The SMILES string of the molecule is CCN(CC)C(=N)c1c(F)c(F)cc2ccccc12. The van der Waals surface area contributed by atoms with Crippen LogP contribution < -0.4 is 0 Å². The number of benzene rings is 2. The van der Waals surface area contributed by atoms with Crippen molar-refractivity contribution in [3.63, 3.8) is 0 Å². The van der Waals surface area contributed by atoms with Gasteiger partial charge in [-0.3, -0.25) is 5.41 Å². The van der Waals surface area contributed by atoms with Gasteiger partial charge >= 0.3 is 0 Å². The van der Waals surface area contributed by atoms with Crippen molar-refractivity contribution in [1.29, 1.82) is 5.41 Å². The Kier molecular flexibility index (Phi) is 3.79. The Bertz CT molecular complexity index is 619. The van der Waals surface area contributed by atoms with E-state index in [1.807, 2.05) is 13.8 Å². The smallest absolute Gasteiger partial charge is 0.170 e. The normalized spacial score (nSPS) is 10.7. The fraction of sp³-hybridized carbons (Fsp3) is 0.267. The predicted octanol–water partition coefficient (Wildman–Crippen LogP) is 3.79. The second-order valence-corrected chi connectivity index (χ2v) is 4.29. The molecule has 1 N–H and O–H groups in total. The summed E-state index contributed by atoms with van der Waals surface area (Å²) >= 11 is 0. The van der Waals surface area contributed by atoms with Gasteiger partial charge in [0.2, 0.25) is 0 Å². The minimum Gasteiger partial charge on any atom is -0.357 e. The van der Waals surface area contributed by atoms with Gasteiger partial charge in [-0.15, -0.1) is 0 Å². The summed E-state index contributed by atoms with van der Waals surface area (Å²) in [4.78, 5) is 1.70. The quantitative estimate of drug-likeness (QED) is 0.661. The van der Waals surface area contributed by atoms with Gasteiger partial charge in [-0.1, -0.05) is 24.3 Å². The fourth-order valence-corrected chi connectivity index (χ4v) is 2.22. The molecule has 0 saturated carbocycles. The molecule has 19 heavy (non-hydrogen) atoms. The molecule has 4 heteroatoms. The second-order valence-electron chi connectivity index (χ2n) is 4.29. The lowest BCUT2D eigenvalue weighted by atomic mass is 10.0. The largest absolute Gasteiger partial charge is 0.357 e. The maximum atomic E-state index is 14.1. The third-order valence-electron chi connectivity index (χ3n) is 3.26. The van der Waals surface area contributed by atoms with Gasteiger partial charge in [-0.05, 0) is 30.7 Å². The molecule has 0 atom stereocenters. The van der Waals surface area contributed by atoms with E-state index in [-0.39, 0.29) is 11.4 Å². The van der Waals surface area contributed by atoms with E-state index < -0.39 is 11.6 Å². The molecule has 0 heterocycles. The van der Waals surface area contributed by atoms with Gasteiger partial charge in [0, 0.05) is 13.1 Å². The molecule has 0 aliphatic rings. The van der Waals surface area contributed by atoms with Crippen LogP contribution in [0, 0.1) is 17.0 Å². The van der Waals surface area contributed by atoms with E-state index in [1.165, 1.54) is 6.07 Å². The molecule has 0 aliphatic heterocycles. The minimum atomic E-state index is -0.949. The van der Waals surface area contributed by atoms with Crippen LogP contribution in [-0.4, -0.2) is 23.8 Å². The molecule has 2 aromatic rings. The third kappa shape index (κ3) is 2.30. The second kappa shape index (κ2) is 5.34. The van der Waals surface area contributed by atoms with E-state index in [2.05, 4.69) is 0 Å². The van der Waals surface area contributed by atoms with Gasteiger partial charge in [0.15, 0.2) is 11.6 Å². The summed E-state index contributed by atoms with van der Waals surface area (Å²) in [7, 11) is 0.